The number of ketones is 1. The van der Waals surface area contributed by atoms with Gasteiger partial charge in [0, 0.05) is 28.1 Å². The molecule has 2 heterocycles. The minimum absolute atomic E-state index is 0.0434. The highest BCUT2D eigenvalue weighted by Gasteiger charge is 2.47. The van der Waals surface area contributed by atoms with Crippen molar-refractivity contribution >= 4 is 45.0 Å². The van der Waals surface area contributed by atoms with Crippen LogP contribution in [0.5, 0.6) is 0 Å². The largest absolute Gasteiger partial charge is 0.507 e. The van der Waals surface area contributed by atoms with E-state index in [2.05, 4.69) is 20.9 Å². The number of aryl methyl sites for hydroxylation is 1. The quantitative estimate of drug-likeness (QED) is 0.205. The molecule has 3 aromatic rings. The Labute approximate surface area is 211 Å². The molecule has 2 aromatic carbocycles. The third-order valence-electron chi connectivity index (χ3n) is 5.60. The highest BCUT2D eigenvalue weighted by Crippen LogP contribution is 2.42. The van der Waals surface area contributed by atoms with Crippen molar-refractivity contribution in [1.29, 1.82) is 0 Å². The van der Waals surface area contributed by atoms with E-state index in [0.29, 0.717) is 16.8 Å². The monoisotopic (exact) mass is 534 g/mol. The van der Waals surface area contributed by atoms with E-state index < -0.39 is 23.7 Å². The highest BCUT2D eigenvalue weighted by atomic mass is 79.9. The minimum Gasteiger partial charge on any atom is -0.507 e. The number of nitrogens with zero attached hydrogens (tertiary/aromatic N) is 2. The molecule has 4 rings (SSSR count). The SMILES string of the molecule is Cc1cc(/C(O)=C2\C(=O)C(=O)N(c3cccc(C(=O)OC(C)C)c3)C2c2ccncc2)ccc1Br. The van der Waals surface area contributed by atoms with Crippen LogP contribution in [0, 0.1) is 6.92 Å². The summed E-state index contributed by atoms with van der Waals surface area (Å²) in [6.45, 7) is 5.35. The van der Waals surface area contributed by atoms with Gasteiger partial charge in [-0.15, -0.1) is 0 Å². The van der Waals surface area contributed by atoms with Gasteiger partial charge in [-0.2, -0.15) is 0 Å². The molecule has 0 bridgehead atoms. The standard InChI is InChI=1S/C27H23BrN2O5/c1-15(2)35-27(34)19-5-4-6-20(14-19)30-23(17-9-11-29-12-10-17)22(25(32)26(30)33)24(31)18-7-8-21(28)16(3)13-18/h4-15,23,31H,1-3H3/b24-22+. The molecule has 1 unspecified atom stereocenters. The summed E-state index contributed by atoms with van der Waals surface area (Å²) >= 11 is 3.43. The number of anilines is 1. The van der Waals surface area contributed by atoms with Gasteiger partial charge in [-0.1, -0.05) is 28.1 Å². The van der Waals surface area contributed by atoms with Crippen molar-refractivity contribution in [3.63, 3.8) is 0 Å². The summed E-state index contributed by atoms with van der Waals surface area (Å²) in [4.78, 5) is 44.4. The molecule has 1 atom stereocenters. The molecule has 1 aliphatic rings. The zero-order valence-corrected chi connectivity index (χ0v) is 20.9. The first-order chi connectivity index (χ1) is 16.7. The number of halogens is 1. The number of ether oxygens (including phenoxy) is 1. The molecule has 178 valence electrons. The Morgan fingerprint density at radius 2 is 1.77 bits per heavy atom. The molecule has 1 aromatic heterocycles. The Kier molecular flexibility index (Phi) is 6.84. The van der Waals surface area contributed by atoms with E-state index in [4.69, 9.17) is 4.74 Å². The van der Waals surface area contributed by atoms with Gasteiger partial charge in [0.05, 0.1) is 23.3 Å². The number of aliphatic hydroxyl groups is 1. The summed E-state index contributed by atoms with van der Waals surface area (Å²) < 4.78 is 6.13. The molecular formula is C27H23BrN2O5. The second-order valence-electron chi connectivity index (χ2n) is 8.42. The smallest absolute Gasteiger partial charge is 0.338 e. The molecular weight excluding hydrogens is 512 g/mol. The third kappa shape index (κ3) is 4.74. The molecule has 1 saturated heterocycles. The molecule has 8 heteroatoms. The van der Waals surface area contributed by atoms with E-state index in [1.165, 1.54) is 11.0 Å². The van der Waals surface area contributed by atoms with Gasteiger partial charge in [0.1, 0.15) is 5.76 Å². The molecule has 0 saturated carbocycles. The summed E-state index contributed by atoms with van der Waals surface area (Å²) in [7, 11) is 0. The zero-order chi connectivity index (χ0) is 25.3. The van der Waals surface area contributed by atoms with Gasteiger partial charge in [0.2, 0.25) is 0 Å². The van der Waals surface area contributed by atoms with Crippen LogP contribution in [0.15, 0.2) is 77.0 Å². The topological polar surface area (TPSA) is 96.8 Å². The number of hydrogen-bond acceptors (Lipinski definition) is 6. The van der Waals surface area contributed by atoms with Crippen LogP contribution in [0.1, 0.15) is 46.9 Å². The van der Waals surface area contributed by atoms with Crippen LogP contribution in [0.2, 0.25) is 0 Å². The van der Waals surface area contributed by atoms with Crippen LogP contribution in [0.3, 0.4) is 0 Å². The normalized spacial score (nSPS) is 17.2. The Balaban J connectivity index is 1.89. The Bertz CT molecular complexity index is 1350. The second kappa shape index (κ2) is 9.84. The number of carbonyl (C=O) groups excluding carboxylic acids is 3. The van der Waals surface area contributed by atoms with Gasteiger partial charge in [-0.3, -0.25) is 19.5 Å². The van der Waals surface area contributed by atoms with Gasteiger partial charge in [-0.25, -0.2) is 4.79 Å². The maximum atomic E-state index is 13.3. The zero-order valence-electron chi connectivity index (χ0n) is 19.4. The average Bonchev–Trinajstić information content (AvgIpc) is 3.11. The summed E-state index contributed by atoms with van der Waals surface area (Å²) in [6, 6.07) is 14.0. The molecule has 1 amide bonds. The molecule has 0 spiro atoms. The van der Waals surface area contributed by atoms with Crippen molar-refractivity contribution in [2.75, 3.05) is 4.90 Å². The average molecular weight is 535 g/mol. The number of pyridine rings is 1. The van der Waals surface area contributed by atoms with E-state index in [-0.39, 0.29) is 23.0 Å². The van der Waals surface area contributed by atoms with Gasteiger partial charge in [-0.05, 0) is 74.4 Å². The number of hydrogen-bond donors (Lipinski definition) is 1. The fourth-order valence-corrected chi connectivity index (χ4v) is 4.22. The predicted octanol–water partition coefficient (Wildman–Crippen LogP) is 5.34. The first-order valence-electron chi connectivity index (χ1n) is 11.0. The maximum absolute atomic E-state index is 13.3. The Hall–Kier alpha value is -3.78. The fraction of sp³-hybridized carbons (Fsp3) is 0.185. The number of aliphatic hydroxyl groups excluding tert-OH is 1. The van der Waals surface area contributed by atoms with Crippen LogP contribution in [-0.2, 0) is 14.3 Å². The third-order valence-corrected chi connectivity index (χ3v) is 6.49. The van der Waals surface area contributed by atoms with E-state index in [0.717, 1.165) is 10.0 Å². The minimum atomic E-state index is -0.918. The van der Waals surface area contributed by atoms with Crippen molar-refractivity contribution in [3.05, 3.63) is 99.3 Å². The van der Waals surface area contributed by atoms with Crippen LogP contribution in [-0.4, -0.2) is 33.9 Å². The summed E-state index contributed by atoms with van der Waals surface area (Å²) in [5.74, 6) is -2.44. The lowest BCUT2D eigenvalue weighted by molar-refractivity contribution is -0.132. The van der Waals surface area contributed by atoms with Crippen molar-refractivity contribution < 1.29 is 24.2 Å². The van der Waals surface area contributed by atoms with Crippen LogP contribution >= 0.6 is 15.9 Å². The second-order valence-corrected chi connectivity index (χ2v) is 9.27. The van der Waals surface area contributed by atoms with Crippen molar-refractivity contribution in [2.45, 2.75) is 32.9 Å². The van der Waals surface area contributed by atoms with Crippen molar-refractivity contribution in [1.82, 2.24) is 4.98 Å². The lowest BCUT2D eigenvalue weighted by Crippen LogP contribution is -2.29. The van der Waals surface area contributed by atoms with E-state index in [9.17, 15) is 19.5 Å². The molecule has 1 fully saturated rings. The predicted molar refractivity (Wildman–Crippen MR) is 135 cm³/mol. The summed E-state index contributed by atoms with van der Waals surface area (Å²) in [5, 5.41) is 11.2. The lowest BCUT2D eigenvalue weighted by atomic mass is 9.95. The number of rotatable bonds is 5. The highest BCUT2D eigenvalue weighted by molar-refractivity contribution is 9.10. The Morgan fingerprint density at radius 1 is 1.06 bits per heavy atom. The first kappa shape index (κ1) is 24.3. The lowest BCUT2D eigenvalue weighted by Gasteiger charge is -2.25. The number of carbonyl (C=O) groups is 3. The maximum Gasteiger partial charge on any atom is 0.338 e. The van der Waals surface area contributed by atoms with Gasteiger partial charge >= 0.3 is 5.97 Å². The number of benzene rings is 2. The molecule has 0 radical (unpaired) electrons. The van der Waals surface area contributed by atoms with Crippen LogP contribution < -0.4 is 4.90 Å². The van der Waals surface area contributed by atoms with Crippen molar-refractivity contribution in [3.8, 4) is 0 Å². The number of esters is 1. The van der Waals surface area contributed by atoms with Crippen LogP contribution in [0.25, 0.3) is 5.76 Å². The molecule has 1 N–H and O–H groups in total. The number of Topliss-reactive ketones (excluding diaryl/α,β-unsaturated/α-hetero) is 1. The molecule has 1 aliphatic heterocycles. The van der Waals surface area contributed by atoms with E-state index in [1.807, 2.05) is 6.92 Å². The number of aromatic nitrogens is 1. The summed E-state index contributed by atoms with van der Waals surface area (Å²) in [5.41, 5.74) is 2.40. The molecule has 0 aliphatic carbocycles. The van der Waals surface area contributed by atoms with Crippen molar-refractivity contribution in [2.24, 2.45) is 0 Å². The molecule has 35 heavy (non-hydrogen) atoms. The Morgan fingerprint density at radius 3 is 2.43 bits per heavy atom. The molecule has 7 nitrogen and oxygen atoms in total. The van der Waals surface area contributed by atoms with E-state index >= 15 is 0 Å². The fourth-order valence-electron chi connectivity index (χ4n) is 3.97. The summed E-state index contributed by atoms with van der Waals surface area (Å²) in [6.07, 6.45) is 2.79. The van der Waals surface area contributed by atoms with Crippen LogP contribution in [0.4, 0.5) is 5.69 Å². The first-order valence-corrected chi connectivity index (χ1v) is 11.8. The van der Waals surface area contributed by atoms with Gasteiger partial charge in [0.15, 0.2) is 0 Å². The number of amides is 1. The van der Waals surface area contributed by atoms with Gasteiger partial charge in [0.25, 0.3) is 11.7 Å². The van der Waals surface area contributed by atoms with E-state index in [1.54, 1.807) is 74.8 Å². The van der Waals surface area contributed by atoms with Gasteiger partial charge < -0.3 is 9.84 Å².